The van der Waals surface area contributed by atoms with Crippen molar-refractivity contribution < 1.29 is 4.12 Å². The van der Waals surface area contributed by atoms with Crippen molar-refractivity contribution in [2.75, 3.05) is 0 Å². The molecule has 0 saturated heterocycles. The molecule has 3 heteroatoms. The van der Waals surface area contributed by atoms with Crippen LogP contribution in [-0.4, -0.2) is 16.6 Å². The summed E-state index contributed by atoms with van der Waals surface area (Å²) in [6.45, 7) is 4.73. The van der Waals surface area contributed by atoms with Gasteiger partial charge in [-0.25, -0.2) is 0 Å². The molecule has 0 spiro atoms. The van der Waals surface area contributed by atoms with Crippen LogP contribution in [0.3, 0.4) is 0 Å². The number of benzene rings is 5. The molecule has 0 bridgehead atoms. The van der Waals surface area contributed by atoms with E-state index in [2.05, 4.69) is 147 Å². The second-order valence-corrected chi connectivity index (χ2v) is 16.0. The molecule has 1 nitrogen and oxygen atoms in total. The van der Waals surface area contributed by atoms with E-state index >= 15 is 0 Å². The van der Waals surface area contributed by atoms with E-state index in [0.29, 0.717) is 0 Å². The van der Waals surface area contributed by atoms with Gasteiger partial charge in [-0.2, -0.15) is 0 Å². The average molecular weight is 461 g/mol. The Morgan fingerprint density at radius 2 is 0.848 bits per heavy atom. The van der Waals surface area contributed by atoms with Crippen molar-refractivity contribution in [3.8, 4) is 0 Å². The van der Waals surface area contributed by atoms with E-state index in [-0.39, 0.29) is 0 Å². The van der Waals surface area contributed by atoms with E-state index in [1.54, 1.807) is 0 Å². The summed E-state index contributed by atoms with van der Waals surface area (Å²) in [6, 6.07) is 47.9. The van der Waals surface area contributed by atoms with Gasteiger partial charge < -0.3 is 4.12 Å². The van der Waals surface area contributed by atoms with Crippen LogP contribution in [0.25, 0.3) is 10.8 Å². The van der Waals surface area contributed by atoms with Crippen LogP contribution in [0.2, 0.25) is 13.1 Å². The van der Waals surface area contributed by atoms with Crippen LogP contribution in [-0.2, 0) is 4.12 Å². The Morgan fingerprint density at radius 3 is 1.39 bits per heavy atom. The fourth-order valence-corrected chi connectivity index (χ4v) is 14.3. The van der Waals surface area contributed by atoms with Gasteiger partial charge in [0.15, 0.2) is 0 Å². The van der Waals surface area contributed by atoms with Gasteiger partial charge in [0.25, 0.3) is 0 Å². The standard InChI is InChI=1S/C30H28OSi2/c1-32(26-17-6-3-7-18-26,27-19-8-4-9-20-27)31-33(2,28-21-10-5-11-22-28)30-24-14-16-25-15-12-13-23-29(25)30/h3-24H,1-2H3/t33-/m1/s1. The van der Waals surface area contributed by atoms with Gasteiger partial charge in [0.1, 0.15) is 0 Å². The van der Waals surface area contributed by atoms with Crippen molar-refractivity contribution in [2.45, 2.75) is 13.1 Å². The first-order chi connectivity index (χ1) is 16.1. The number of rotatable bonds is 6. The molecule has 0 N–H and O–H groups in total. The fraction of sp³-hybridized carbons (Fsp3) is 0.0667. The maximum atomic E-state index is 7.66. The lowest BCUT2D eigenvalue weighted by Crippen LogP contribution is -2.70. The summed E-state index contributed by atoms with van der Waals surface area (Å²) in [6.07, 6.45) is 0. The van der Waals surface area contributed by atoms with Gasteiger partial charge in [-0.15, -0.1) is 0 Å². The lowest BCUT2D eigenvalue weighted by Gasteiger charge is -2.40. The molecule has 5 rings (SSSR count). The molecule has 0 aliphatic carbocycles. The van der Waals surface area contributed by atoms with Crippen molar-refractivity contribution in [2.24, 2.45) is 0 Å². The topological polar surface area (TPSA) is 9.23 Å². The molecular formula is C30H28OSi2. The third kappa shape index (κ3) is 4.00. The van der Waals surface area contributed by atoms with Crippen LogP contribution in [0.1, 0.15) is 0 Å². The zero-order chi connectivity index (χ0) is 22.7. The van der Waals surface area contributed by atoms with E-state index in [1.165, 1.54) is 31.5 Å². The Kier molecular flexibility index (Phi) is 5.85. The lowest BCUT2D eigenvalue weighted by atomic mass is 10.1. The second kappa shape index (κ2) is 8.95. The van der Waals surface area contributed by atoms with Gasteiger partial charge in [0, 0.05) is 0 Å². The van der Waals surface area contributed by atoms with E-state index in [0.717, 1.165) is 0 Å². The SMILES string of the molecule is C[Si](O[Si@](C)(c1ccccc1)c1cccc2ccccc12)(c1ccccc1)c1ccccc1. The Bertz CT molecular complexity index is 1310. The molecule has 0 aromatic heterocycles. The van der Waals surface area contributed by atoms with Gasteiger partial charge in [0.2, 0.25) is 16.6 Å². The van der Waals surface area contributed by atoms with Gasteiger partial charge in [0.05, 0.1) is 0 Å². The summed E-state index contributed by atoms with van der Waals surface area (Å²) in [5.41, 5.74) is 0. The first-order valence-corrected chi connectivity index (χ1v) is 16.3. The smallest absolute Gasteiger partial charge is 0.242 e. The van der Waals surface area contributed by atoms with Gasteiger partial charge in [-0.05, 0) is 44.6 Å². The third-order valence-electron chi connectivity index (χ3n) is 6.69. The quantitative estimate of drug-likeness (QED) is 0.326. The maximum Gasteiger partial charge on any atom is 0.242 e. The minimum atomic E-state index is -2.61. The van der Waals surface area contributed by atoms with E-state index in [9.17, 15) is 0 Å². The third-order valence-corrected chi connectivity index (χ3v) is 15.7. The zero-order valence-corrected chi connectivity index (χ0v) is 21.1. The highest BCUT2D eigenvalue weighted by Crippen LogP contribution is 2.21. The van der Waals surface area contributed by atoms with Crippen molar-refractivity contribution in [3.63, 3.8) is 0 Å². The maximum absolute atomic E-state index is 7.66. The highest BCUT2D eigenvalue weighted by atomic mass is 28.4. The summed E-state index contributed by atoms with van der Waals surface area (Å²) in [7, 11) is -5.13. The molecule has 162 valence electrons. The van der Waals surface area contributed by atoms with Crippen molar-refractivity contribution in [3.05, 3.63) is 133 Å². The Morgan fingerprint density at radius 1 is 0.424 bits per heavy atom. The van der Waals surface area contributed by atoms with Gasteiger partial charge in [-0.1, -0.05) is 133 Å². The fourth-order valence-electron chi connectivity index (χ4n) is 4.87. The van der Waals surface area contributed by atoms with Crippen molar-refractivity contribution in [1.29, 1.82) is 0 Å². The molecule has 0 aliphatic heterocycles. The highest BCUT2D eigenvalue weighted by Gasteiger charge is 2.45. The van der Waals surface area contributed by atoms with Gasteiger partial charge >= 0.3 is 0 Å². The second-order valence-electron chi connectivity index (χ2n) is 8.79. The van der Waals surface area contributed by atoms with Crippen molar-refractivity contribution >= 4 is 48.2 Å². The Labute approximate surface area is 198 Å². The van der Waals surface area contributed by atoms with Crippen LogP contribution in [0.4, 0.5) is 0 Å². The normalized spacial score (nSPS) is 13.5. The number of hydrogen-bond acceptors (Lipinski definition) is 1. The molecule has 0 unspecified atom stereocenters. The van der Waals surface area contributed by atoms with Gasteiger partial charge in [-0.3, -0.25) is 0 Å². The van der Waals surface area contributed by atoms with Crippen LogP contribution < -0.4 is 20.7 Å². The first-order valence-electron chi connectivity index (χ1n) is 11.5. The summed E-state index contributed by atoms with van der Waals surface area (Å²) in [4.78, 5) is 0. The van der Waals surface area contributed by atoms with E-state index < -0.39 is 16.6 Å². The Balaban J connectivity index is 1.77. The van der Waals surface area contributed by atoms with E-state index in [1.807, 2.05) is 0 Å². The van der Waals surface area contributed by atoms with Crippen LogP contribution >= 0.6 is 0 Å². The predicted octanol–water partition coefficient (Wildman–Crippen LogP) is 4.94. The monoisotopic (exact) mass is 460 g/mol. The zero-order valence-electron chi connectivity index (χ0n) is 19.1. The molecule has 0 fully saturated rings. The lowest BCUT2D eigenvalue weighted by molar-refractivity contribution is 0.587. The highest BCUT2D eigenvalue weighted by molar-refractivity contribution is 7.08. The molecule has 5 aromatic carbocycles. The molecule has 0 saturated carbocycles. The summed E-state index contributed by atoms with van der Waals surface area (Å²) >= 11 is 0. The predicted molar refractivity (Wildman–Crippen MR) is 146 cm³/mol. The molecule has 0 heterocycles. The number of hydrogen-bond donors (Lipinski definition) is 0. The summed E-state index contributed by atoms with van der Waals surface area (Å²) < 4.78 is 7.66. The number of fused-ring (bicyclic) bond motifs is 1. The first kappa shape index (κ1) is 21.6. The minimum absolute atomic E-state index is 1.26. The summed E-state index contributed by atoms with van der Waals surface area (Å²) in [5.74, 6) is 0. The molecule has 0 amide bonds. The molecular weight excluding hydrogens is 433 g/mol. The van der Waals surface area contributed by atoms with E-state index in [4.69, 9.17) is 4.12 Å². The largest absolute Gasteiger partial charge is 0.442 e. The summed E-state index contributed by atoms with van der Waals surface area (Å²) in [5, 5.41) is 7.77. The molecule has 33 heavy (non-hydrogen) atoms. The van der Waals surface area contributed by atoms with Crippen LogP contribution in [0, 0.1) is 0 Å². The molecule has 5 aromatic rings. The van der Waals surface area contributed by atoms with Crippen molar-refractivity contribution in [1.82, 2.24) is 0 Å². The van der Waals surface area contributed by atoms with Crippen LogP contribution in [0.15, 0.2) is 133 Å². The molecule has 0 radical (unpaired) electrons. The van der Waals surface area contributed by atoms with Crippen LogP contribution in [0.5, 0.6) is 0 Å². The average Bonchev–Trinajstić information content (AvgIpc) is 2.90. The molecule has 1 atom stereocenters. The molecule has 0 aliphatic rings. The Hall–Kier alpha value is -3.25. The minimum Gasteiger partial charge on any atom is -0.442 e.